The zero-order chi connectivity index (χ0) is 16.9. The fraction of sp³-hybridized carbons (Fsp3) is 0.100. The highest BCUT2D eigenvalue weighted by atomic mass is 16.5. The first kappa shape index (κ1) is 15.7. The summed E-state index contributed by atoms with van der Waals surface area (Å²) in [6.45, 7) is 0. The molecule has 3 aromatic carbocycles. The number of carbonyl (C=O) groups is 2. The first-order valence-corrected chi connectivity index (χ1v) is 7.62. The second kappa shape index (κ2) is 6.96. The summed E-state index contributed by atoms with van der Waals surface area (Å²) in [5.41, 5.74) is 1.20. The van der Waals surface area contributed by atoms with E-state index in [4.69, 9.17) is 4.74 Å². The largest absolute Gasteiger partial charge is 0.467 e. The fourth-order valence-corrected chi connectivity index (χ4v) is 2.67. The van der Waals surface area contributed by atoms with E-state index in [0.717, 1.165) is 10.8 Å². The molecule has 3 rings (SSSR count). The Labute approximate surface area is 140 Å². The number of hydrogen-bond donors (Lipinski definition) is 1. The van der Waals surface area contributed by atoms with E-state index in [9.17, 15) is 9.59 Å². The van der Waals surface area contributed by atoms with Gasteiger partial charge < -0.3 is 10.1 Å². The van der Waals surface area contributed by atoms with Gasteiger partial charge in [-0.1, -0.05) is 66.7 Å². The lowest BCUT2D eigenvalue weighted by Gasteiger charge is -2.17. The number of ether oxygens (including phenoxy) is 1. The van der Waals surface area contributed by atoms with Crippen molar-refractivity contribution in [1.29, 1.82) is 0 Å². The number of amides is 1. The summed E-state index contributed by atoms with van der Waals surface area (Å²) in [5.74, 6) is -0.819. The summed E-state index contributed by atoms with van der Waals surface area (Å²) in [4.78, 5) is 24.8. The van der Waals surface area contributed by atoms with Gasteiger partial charge in [0.15, 0.2) is 6.04 Å². The summed E-state index contributed by atoms with van der Waals surface area (Å²) in [6, 6.07) is 21.4. The number of benzene rings is 3. The quantitative estimate of drug-likeness (QED) is 0.749. The molecule has 1 atom stereocenters. The van der Waals surface area contributed by atoms with Crippen LogP contribution in [0.2, 0.25) is 0 Å². The normalized spacial score (nSPS) is 11.7. The molecule has 4 heteroatoms. The van der Waals surface area contributed by atoms with Gasteiger partial charge in [0, 0.05) is 5.56 Å². The topological polar surface area (TPSA) is 55.4 Å². The van der Waals surface area contributed by atoms with E-state index in [1.54, 1.807) is 18.2 Å². The van der Waals surface area contributed by atoms with Crippen LogP contribution in [0.15, 0.2) is 72.8 Å². The summed E-state index contributed by atoms with van der Waals surface area (Å²) >= 11 is 0. The van der Waals surface area contributed by atoms with Crippen LogP contribution in [-0.4, -0.2) is 19.0 Å². The van der Waals surface area contributed by atoms with E-state index in [2.05, 4.69) is 5.32 Å². The van der Waals surface area contributed by atoms with Gasteiger partial charge >= 0.3 is 5.97 Å². The van der Waals surface area contributed by atoms with Crippen LogP contribution in [0.3, 0.4) is 0 Å². The van der Waals surface area contributed by atoms with Crippen LogP contribution in [0.4, 0.5) is 0 Å². The molecule has 0 aliphatic rings. The molecule has 1 amide bonds. The van der Waals surface area contributed by atoms with Crippen molar-refractivity contribution in [3.05, 3.63) is 83.9 Å². The maximum absolute atomic E-state index is 12.7. The monoisotopic (exact) mass is 319 g/mol. The van der Waals surface area contributed by atoms with Crippen molar-refractivity contribution in [3.63, 3.8) is 0 Å². The SMILES string of the molecule is COC(=O)C(NC(=O)c1cccc2ccccc12)c1ccccc1. The van der Waals surface area contributed by atoms with Crippen LogP contribution in [0.25, 0.3) is 10.8 Å². The molecule has 0 bridgehead atoms. The molecule has 0 aromatic heterocycles. The van der Waals surface area contributed by atoms with Gasteiger partial charge in [0.2, 0.25) is 0 Å². The Bertz CT molecular complexity index is 869. The van der Waals surface area contributed by atoms with Crippen molar-refractivity contribution >= 4 is 22.6 Å². The molecular formula is C20H17NO3. The second-order valence-electron chi connectivity index (χ2n) is 5.37. The molecule has 0 fully saturated rings. The molecule has 1 N–H and O–H groups in total. The lowest BCUT2D eigenvalue weighted by atomic mass is 10.0. The molecule has 0 aliphatic heterocycles. The van der Waals surface area contributed by atoms with Gasteiger partial charge in [-0.05, 0) is 22.4 Å². The molecular weight excluding hydrogens is 302 g/mol. The first-order chi connectivity index (χ1) is 11.7. The Morgan fingerprint density at radius 1 is 0.875 bits per heavy atom. The molecule has 24 heavy (non-hydrogen) atoms. The highest BCUT2D eigenvalue weighted by molar-refractivity contribution is 6.08. The van der Waals surface area contributed by atoms with E-state index in [1.807, 2.05) is 54.6 Å². The number of rotatable bonds is 4. The molecule has 0 saturated carbocycles. The predicted molar refractivity (Wildman–Crippen MR) is 92.6 cm³/mol. The summed E-state index contributed by atoms with van der Waals surface area (Å²) in [6.07, 6.45) is 0. The zero-order valence-electron chi connectivity index (χ0n) is 13.2. The van der Waals surface area contributed by atoms with Crippen LogP contribution < -0.4 is 5.32 Å². The van der Waals surface area contributed by atoms with Crippen molar-refractivity contribution < 1.29 is 14.3 Å². The van der Waals surface area contributed by atoms with Gasteiger partial charge in [-0.2, -0.15) is 0 Å². The first-order valence-electron chi connectivity index (χ1n) is 7.62. The van der Waals surface area contributed by atoms with Crippen LogP contribution in [0.1, 0.15) is 22.0 Å². The Hall–Kier alpha value is -3.14. The average Bonchev–Trinajstić information content (AvgIpc) is 2.65. The van der Waals surface area contributed by atoms with Crippen LogP contribution in [-0.2, 0) is 9.53 Å². The summed E-state index contributed by atoms with van der Waals surface area (Å²) in [7, 11) is 1.31. The third-order valence-corrected chi connectivity index (χ3v) is 3.88. The molecule has 0 spiro atoms. The molecule has 120 valence electrons. The summed E-state index contributed by atoms with van der Waals surface area (Å²) in [5, 5.41) is 4.59. The van der Waals surface area contributed by atoms with Crippen LogP contribution in [0.5, 0.6) is 0 Å². The minimum absolute atomic E-state index is 0.314. The van der Waals surface area contributed by atoms with Crippen molar-refractivity contribution in [2.45, 2.75) is 6.04 Å². The number of fused-ring (bicyclic) bond motifs is 1. The van der Waals surface area contributed by atoms with Crippen molar-refractivity contribution in [2.75, 3.05) is 7.11 Å². The highest BCUT2D eigenvalue weighted by Crippen LogP contribution is 2.20. The fourth-order valence-electron chi connectivity index (χ4n) is 2.67. The smallest absolute Gasteiger partial charge is 0.333 e. The molecule has 0 saturated heterocycles. The minimum Gasteiger partial charge on any atom is -0.467 e. The number of esters is 1. The predicted octanol–water partition coefficient (Wildman–Crippen LogP) is 3.48. The molecule has 1 unspecified atom stereocenters. The van der Waals surface area contributed by atoms with Crippen LogP contribution in [0, 0.1) is 0 Å². The lowest BCUT2D eigenvalue weighted by Crippen LogP contribution is -2.34. The third kappa shape index (κ3) is 3.13. The van der Waals surface area contributed by atoms with E-state index in [0.29, 0.717) is 11.1 Å². The van der Waals surface area contributed by atoms with Crippen LogP contribution >= 0.6 is 0 Å². The molecule has 0 aliphatic carbocycles. The van der Waals surface area contributed by atoms with E-state index < -0.39 is 12.0 Å². The van der Waals surface area contributed by atoms with Crippen molar-refractivity contribution in [3.8, 4) is 0 Å². The molecule has 4 nitrogen and oxygen atoms in total. The second-order valence-corrected chi connectivity index (χ2v) is 5.37. The number of methoxy groups -OCH3 is 1. The van der Waals surface area contributed by atoms with E-state index >= 15 is 0 Å². The van der Waals surface area contributed by atoms with E-state index in [-0.39, 0.29) is 5.91 Å². The number of carbonyl (C=O) groups excluding carboxylic acids is 2. The van der Waals surface area contributed by atoms with E-state index in [1.165, 1.54) is 7.11 Å². The highest BCUT2D eigenvalue weighted by Gasteiger charge is 2.24. The zero-order valence-corrected chi connectivity index (χ0v) is 13.2. The lowest BCUT2D eigenvalue weighted by molar-refractivity contribution is -0.143. The third-order valence-electron chi connectivity index (χ3n) is 3.88. The van der Waals surface area contributed by atoms with Gasteiger partial charge in [-0.25, -0.2) is 4.79 Å². The standard InChI is InChI=1S/C20H17NO3/c1-24-20(23)18(15-9-3-2-4-10-15)21-19(22)17-13-7-11-14-8-5-6-12-16(14)17/h2-13,18H,1H3,(H,21,22). The van der Waals surface area contributed by atoms with Gasteiger partial charge in [-0.15, -0.1) is 0 Å². The Kier molecular flexibility index (Phi) is 4.57. The van der Waals surface area contributed by atoms with Gasteiger partial charge in [-0.3, -0.25) is 4.79 Å². The Morgan fingerprint density at radius 3 is 2.29 bits per heavy atom. The Morgan fingerprint density at radius 2 is 1.54 bits per heavy atom. The maximum atomic E-state index is 12.7. The number of hydrogen-bond acceptors (Lipinski definition) is 3. The molecule has 3 aromatic rings. The molecule has 0 radical (unpaired) electrons. The minimum atomic E-state index is -0.845. The average molecular weight is 319 g/mol. The Balaban J connectivity index is 1.95. The molecule has 0 heterocycles. The number of nitrogens with one attached hydrogen (secondary N) is 1. The van der Waals surface area contributed by atoms with Gasteiger partial charge in [0.1, 0.15) is 0 Å². The van der Waals surface area contributed by atoms with Crippen molar-refractivity contribution in [2.24, 2.45) is 0 Å². The van der Waals surface area contributed by atoms with Gasteiger partial charge in [0.05, 0.1) is 7.11 Å². The maximum Gasteiger partial charge on any atom is 0.333 e. The van der Waals surface area contributed by atoms with Gasteiger partial charge in [0.25, 0.3) is 5.91 Å². The summed E-state index contributed by atoms with van der Waals surface area (Å²) < 4.78 is 4.84. The van der Waals surface area contributed by atoms with Crippen molar-refractivity contribution in [1.82, 2.24) is 5.32 Å².